The fraction of sp³-hybridized carbons (Fsp3) is 0.211. The maximum absolute atomic E-state index is 13.0. The largest absolute Gasteiger partial charge is 0.398 e. The van der Waals surface area contributed by atoms with Crippen LogP contribution in [0.5, 0.6) is 0 Å². The zero-order chi connectivity index (χ0) is 19.1. The molecule has 3 heterocycles. The van der Waals surface area contributed by atoms with Crippen LogP contribution in [0.3, 0.4) is 0 Å². The molecule has 0 atom stereocenters. The Hall–Kier alpha value is -3.55. The van der Waals surface area contributed by atoms with Crippen LogP contribution in [0, 0.1) is 6.92 Å². The van der Waals surface area contributed by atoms with Crippen LogP contribution in [0.1, 0.15) is 25.5 Å². The Morgan fingerprint density at radius 3 is 2.74 bits per heavy atom. The van der Waals surface area contributed by atoms with E-state index >= 15 is 0 Å². The Balaban J connectivity index is 1.87. The summed E-state index contributed by atoms with van der Waals surface area (Å²) < 4.78 is 3.34. The number of anilines is 1. The summed E-state index contributed by atoms with van der Waals surface area (Å²) in [6.45, 7) is 5.97. The summed E-state index contributed by atoms with van der Waals surface area (Å²) in [5.41, 5.74) is 8.44. The third kappa shape index (κ3) is 2.84. The predicted octanol–water partition coefficient (Wildman–Crippen LogP) is 2.51. The predicted molar refractivity (Wildman–Crippen MR) is 104 cm³/mol. The smallest absolute Gasteiger partial charge is 0.267 e. The van der Waals surface area contributed by atoms with Gasteiger partial charge >= 0.3 is 0 Å². The lowest BCUT2D eigenvalue weighted by molar-refractivity contribution is 0.603. The average Bonchev–Trinajstić information content (AvgIpc) is 3.14. The first kappa shape index (κ1) is 16.9. The number of pyridine rings is 1. The molecule has 0 amide bonds. The molecule has 0 aliphatic rings. The fourth-order valence-electron chi connectivity index (χ4n) is 2.94. The van der Waals surface area contributed by atoms with Crippen molar-refractivity contribution in [3.63, 3.8) is 0 Å². The minimum Gasteiger partial charge on any atom is -0.398 e. The minimum absolute atomic E-state index is 0.191. The van der Waals surface area contributed by atoms with Gasteiger partial charge in [0.1, 0.15) is 24.2 Å². The van der Waals surface area contributed by atoms with E-state index in [9.17, 15) is 4.79 Å². The number of benzene rings is 1. The third-order valence-electron chi connectivity index (χ3n) is 4.49. The van der Waals surface area contributed by atoms with E-state index in [2.05, 4.69) is 20.2 Å². The van der Waals surface area contributed by atoms with Gasteiger partial charge in [0.2, 0.25) is 0 Å². The molecular weight excluding hydrogens is 342 g/mol. The maximum Gasteiger partial charge on any atom is 0.267 e. The van der Waals surface area contributed by atoms with E-state index in [1.807, 2.05) is 43.5 Å². The second-order valence-corrected chi connectivity index (χ2v) is 6.68. The van der Waals surface area contributed by atoms with Crippen LogP contribution in [0.25, 0.3) is 28.2 Å². The van der Waals surface area contributed by atoms with Gasteiger partial charge < -0.3 is 10.3 Å². The first-order chi connectivity index (χ1) is 13.0. The first-order valence-corrected chi connectivity index (χ1v) is 8.60. The second-order valence-electron chi connectivity index (χ2n) is 6.68. The molecule has 4 aromatic rings. The average molecular weight is 361 g/mol. The molecule has 0 unspecified atom stereocenters. The molecule has 0 aliphatic carbocycles. The van der Waals surface area contributed by atoms with Crippen LogP contribution in [0.4, 0.5) is 5.69 Å². The number of nitrogens with zero attached hydrogens (tertiary/aromatic N) is 6. The van der Waals surface area contributed by atoms with Crippen molar-refractivity contribution >= 4 is 16.6 Å². The van der Waals surface area contributed by atoms with E-state index in [0.717, 1.165) is 5.56 Å². The number of nitrogen functional groups attached to an aromatic ring is 1. The van der Waals surface area contributed by atoms with Crippen molar-refractivity contribution in [1.29, 1.82) is 0 Å². The normalized spacial score (nSPS) is 11.4. The molecule has 0 spiro atoms. The summed E-state index contributed by atoms with van der Waals surface area (Å²) in [6.07, 6.45) is 3.16. The summed E-state index contributed by atoms with van der Waals surface area (Å²) in [4.78, 5) is 22.0. The molecule has 8 heteroatoms. The topological polar surface area (TPSA) is 105 Å². The molecule has 0 saturated heterocycles. The maximum atomic E-state index is 13.0. The number of rotatable bonds is 3. The van der Waals surface area contributed by atoms with Crippen molar-refractivity contribution in [3.8, 4) is 17.3 Å². The Morgan fingerprint density at radius 1 is 1.15 bits per heavy atom. The number of aryl methyl sites for hydroxylation is 1. The molecule has 3 aromatic heterocycles. The summed E-state index contributed by atoms with van der Waals surface area (Å²) in [5.74, 6) is 1.11. The highest BCUT2D eigenvalue weighted by molar-refractivity contribution is 5.82. The van der Waals surface area contributed by atoms with Crippen LogP contribution < -0.4 is 11.3 Å². The van der Waals surface area contributed by atoms with E-state index in [0.29, 0.717) is 33.9 Å². The number of fused-ring (bicyclic) bond motifs is 1. The second kappa shape index (κ2) is 6.31. The lowest BCUT2D eigenvalue weighted by Gasteiger charge is -2.11. The SMILES string of the molecule is Cc1cc2ncn(-c3cccc(-c4nncn4C(C)C)n3)c(=O)c2cc1N. The quantitative estimate of drug-likeness (QED) is 0.562. The van der Waals surface area contributed by atoms with Crippen LogP contribution in [0.15, 0.2) is 47.8 Å². The van der Waals surface area contributed by atoms with E-state index < -0.39 is 0 Å². The van der Waals surface area contributed by atoms with E-state index in [-0.39, 0.29) is 11.6 Å². The van der Waals surface area contributed by atoms with Crippen LogP contribution in [-0.2, 0) is 0 Å². The molecule has 0 fully saturated rings. The van der Waals surface area contributed by atoms with Gasteiger partial charge in [0.05, 0.1) is 10.9 Å². The summed E-state index contributed by atoms with van der Waals surface area (Å²) in [7, 11) is 0. The number of nitrogens with two attached hydrogens (primary N) is 1. The van der Waals surface area contributed by atoms with E-state index in [1.165, 1.54) is 10.9 Å². The van der Waals surface area contributed by atoms with Crippen molar-refractivity contribution in [3.05, 3.63) is 58.9 Å². The number of hydrogen-bond donors (Lipinski definition) is 1. The molecule has 0 radical (unpaired) electrons. The molecule has 0 saturated carbocycles. The molecule has 2 N–H and O–H groups in total. The molecule has 0 bridgehead atoms. The zero-order valence-corrected chi connectivity index (χ0v) is 15.3. The Labute approximate surface area is 155 Å². The number of hydrogen-bond acceptors (Lipinski definition) is 6. The molecular formula is C19H19N7O. The minimum atomic E-state index is -0.221. The summed E-state index contributed by atoms with van der Waals surface area (Å²) >= 11 is 0. The third-order valence-corrected chi connectivity index (χ3v) is 4.49. The fourth-order valence-corrected chi connectivity index (χ4v) is 2.94. The Morgan fingerprint density at radius 2 is 1.96 bits per heavy atom. The van der Waals surface area contributed by atoms with Gasteiger partial charge in [-0.1, -0.05) is 6.07 Å². The Kier molecular flexibility index (Phi) is 3.95. The van der Waals surface area contributed by atoms with Gasteiger partial charge in [0.15, 0.2) is 5.82 Å². The summed E-state index contributed by atoms with van der Waals surface area (Å²) in [6, 6.07) is 9.09. The van der Waals surface area contributed by atoms with Crippen LogP contribution >= 0.6 is 0 Å². The standard InChI is InChI=1S/C19H19N7O/c1-11(2)25-10-22-24-18(25)15-5-4-6-17(23-15)26-9-21-16-7-12(3)14(20)8-13(16)19(26)27/h4-11H,20H2,1-3H3. The Bertz CT molecular complexity index is 1210. The van der Waals surface area contributed by atoms with Crippen LogP contribution in [-0.4, -0.2) is 29.3 Å². The van der Waals surface area contributed by atoms with Gasteiger partial charge in [0, 0.05) is 11.7 Å². The van der Waals surface area contributed by atoms with E-state index in [1.54, 1.807) is 18.5 Å². The number of aromatic nitrogens is 6. The molecule has 4 rings (SSSR count). The molecule has 1 aromatic carbocycles. The van der Waals surface area contributed by atoms with Crippen LogP contribution in [0.2, 0.25) is 0 Å². The highest BCUT2D eigenvalue weighted by Crippen LogP contribution is 2.20. The van der Waals surface area contributed by atoms with Gasteiger partial charge in [-0.2, -0.15) is 0 Å². The van der Waals surface area contributed by atoms with Crippen molar-refractivity contribution < 1.29 is 0 Å². The van der Waals surface area contributed by atoms with Gasteiger partial charge in [-0.15, -0.1) is 10.2 Å². The first-order valence-electron chi connectivity index (χ1n) is 8.60. The van der Waals surface area contributed by atoms with Crippen molar-refractivity contribution in [1.82, 2.24) is 29.3 Å². The highest BCUT2D eigenvalue weighted by Gasteiger charge is 2.14. The van der Waals surface area contributed by atoms with Crippen molar-refractivity contribution in [2.45, 2.75) is 26.8 Å². The van der Waals surface area contributed by atoms with Gasteiger partial charge in [-0.25, -0.2) is 9.97 Å². The zero-order valence-electron chi connectivity index (χ0n) is 15.3. The molecule has 8 nitrogen and oxygen atoms in total. The molecule has 0 aliphatic heterocycles. The monoisotopic (exact) mass is 361 g/mol. The van der Waals surface area contributed by atoms with Gasteiger partial charge in [-0.3, -0.25) is 9.36 Å². The molecule has 27 heavy (non-hydrogen) atoms. The molecule has 136 valence electrons. The lowest BCUT2D eigenvalue weighted by Crippen LogP contribution is -2.20. The summed E-state index contributed by atoms with van der Waals surface area (Å²) in [5, 5.41) is 8.60. The van der Waals surface area contributed by atoms with Gasteiger partial charge in [-0.05, 0) is 50.6 Å². The van der Waals surface area contributed by atoms with E-state index in [4.69, 9.17) is 5.73 Å². The van der Waals surface area contributed by atoms with Crippen molar-refractivity contribution in [2.75, 3.05) is 5.73 Å². The van der Waals surface area contributed by atoms with Gasteiger partial charge in [0.25, 0.3) is 5.56 Å². The highest BCUT2D eigenvalue weighted by atomic mass is 16.1. The van der Waals surface area contributed by atoms with Crippen molar-refractivity contribution in [2.24, 2.45) is 0 Å². The lowest BCUT2D eigenvalue weighted by atomic mass is 10.1.